The molecule has 0 spiro atoms. The molecule has 1 saturated heterocycles. The molecule has 0 saturated carbocycles. The third-order valence-electron chi connectivity index (χ3n) is 5.54. The lowest BCUT2D eigenvalue weighted by molar-refractivity contribution is -0.143. The van der Waals surface area contributed by atoms with Crippen LogP contribution in [0.3, 0.4) is 0 Å². The molecule has 0 radical (unpaired) electrons. The molecule has 0 aliphatic carbocycles. The number of hydrogen-bond donors (Lipinski definition) is 1. The predicted octanol–water partition coefficient (Wildman–Crippen LogP) is 3.72. The maximum atomic E-state index is 12.4. The Labute approximate surface area is 193 Å². The van der Waals surface area contributed by atoms with Crippen LogP contribution in [0.15, 0.2) is 60.8 Å². The molecule has 32 heavy (non-hydrogen) atoms. The smallest absolute Gasteiger partial charge is 0.325 e. The summed E-state index contributed by atoms with van der Waals surface area (Å²) in [5.41, 5.74) is 3.92. The molecule has 166 valence electrons. The minimum absolute atomic E-state index is 0.0561. The van der Waals surface area contributed by atoms with Crippen LogP contribution in [0, 0.1) is 6.92 Å². The Hall–Kier alpha value is -3.39. The van der Waals surface area contributed by atoms with Crippen molar-refractivity contribution in [3.63, 3.8) is 0 Å². The molecular formula is C24H26N4O3S. The third kappa shape index (κ3) is 4.18. The summed E-state index contributed by atoms with van der Waals surface area (Å²) in [6.07, 6.45) is 1.76. The summed E-state index contributed by atoms with van der Waals surface area (Å²) in [5, 5.41) is 3.88. The van der Waals surface area contributed by atoms with Gasteiger partial charge in [-0.1, -0.05) is 6.07 Å². The van der Waals surface area contributed by atoms with Gasteiger partial charge >= 0.3 is 5.97 Å². The number of ether oxygens (including phenoxy) is 2. The number of methoxy groups -OCH3 is 1. The van der Waals surface area contributed by atoms with Gasteiger partial charge in [0.1, 0.15) is 12.3 Å². The van der Waals surface area contributed by atoms with E-state index >= 15 is 0 Å². The molecular weight excluding hydrogens is 424 g/mol. The number of hydrogen-bond acceptors (Lipinski definition) is 5. The van der Waals surface area contributed by atoms with Gasteiger partial charge in [-0.2, -0.15) is 0 Å². The maximum absolute atomic E-state index is 12.4. The molecule has 8 heteroatoms. The van der Waals surface area contributed by atoms with E-state index in [0.717, 1.165) is 28.5 Å². The van der Waals surface area contributed by atoms with Gasteiger partial charge in [0.15, 0.2) is 5.11 Å². The summed E-state index contributed by atoms with van der Waals surface area (Å²) in [5.74, 6) is 0.474. The Balaban J connectivity index is 1.80. The van der Waals surface area contributed by atoms with Crippen LogP contribution in [-0.2, 0) is 9.53 Å². The fourth-order valence-electron chi connectivity index (χ4n) is 4.12. The summed E-state index contributed by atoms with van der Waals surface area (Å²) in [6.45, 7) is 4.23. The van der Waals surface area contributed by atoms with Gasteiger partial charge in [0.05, 0.1) is 31.5 Å². The normalized spacial score (nSPS) is 17.8. The number of benzene rings is 1. The molecule has 1 aliphatic rings. The maximum Gasteiger partial charge on any atom is 0.325 e. The SMILES string of the molecule is CCOC(=O)CN1C(=S)NC(c2ccccn2)C1c1ccc(C)n1-c1ccc(OC)cc1. The number of aromatic nitrogens is 2. The number of aryl methyl sites for hydroxylation is 1. The van der Waals surface area contributed by atoms with Gasteiger partial charge in [-0.25, -0.2) is 0 Å². The van der Waals surface area contributed by atoms with E-state index in [4.69, 9.17) is 21.7 Å². The zero-order chi connectivity index (χ0) is 22.7. The van der Waals surface area contributed by atoms with E-state index in [0.29, 0.717) is 11.7 Å². The van der Waals surface area contributed by atoms with Crippen LogP contribution in [0.25, 0.3) is 5.69 Å². The first-order valence-corrected chi connectivity index (χ1v) is 10.9. The van der Waals surface area contributed by atoms with E-state index in [-0.39, 0.29) is 24.6 Å². The van der Waals surface area contributed by atoms with Crippen LogP contribution >= 0.6 is 12.2 Å². The monoisotopic (exact) mass is 450 g/mol. The molecule has 3 heterocycles. The Morgan fingerprint density at radius 1 is 1.16 bits per heavy atom. The number of nitrogens with zero attached hydrogens (tertiary/aromatic N) is 3. The highest BCUT2D eigenvalue weighted by molar-refractivity contribution is 7.80. The molecule has 7 nitrogen and oxygen atoms in total. The van der Waals surface area contributed by atoms with Gasteiger partial charge in [-0.05, 0) is 74.6 Å². The second-order valence-corrected chi connectivity index (χ2v) is 7.88. The number of esters is 1. The van der Waals surface area contributed by atoms with Gasteiger partial charge in [0.25, 0.3) is 0 Å². The quantitative estimate of drug-likeness (QED) is 0.435. The number of thiocarbonyl (C=S) groups is 1. The van der Waals surface area contributed by atoms with Crippen molar-refractivity contribution in [2.75, 3.05) is 20.3 Å². The fraction of sp³-hybridized carbons (Fsp3) is 0.292. The molecule has 1 N–H and O–H groups in total. The second kappa shape index (κ2) is 9.40. The minimum Gasteiger partial charge on any atom is -0.497 e. The molecule has 2 aromatic heterocycles. The highest BCUT2D eigenvalue weighted by Crippen LogP contribution is 2.40. The van der Waals surface area contributed by atoms with E-state index in [1.807, 2.05) is 47.4 Å². The second-order valence-electron chi connectivity index (χ2n) is 7.49. The van der Waals surface area contributed by atoms with Crippen molar-refractivity contribution in [1.82, 2.24) is 19.8 Å². The van der Waals surface area contributed by atoms with E-state index in [1.54, 1.807) is 20.2 Å². The lowest BCUT2D eigenvalue weighted by Crippen LogP contribution is -2.36. The van der Waals surface area contributed by atoms with Crippen LogP contribution < -0.4 is 10.1 Å². The van der Waals surface area contributed by atoms with Crippen LogP contribution in [0.5, 0.6) is 5.75 Å². The van der Waals surface area contributed by atoms with Gasteiger partial charge in [-0.15, -0.1) is 0 Å². The van der Waals surface area contributed by atoms with Gasteiger partial charge in [-0.3, -0.25) is 9.78 Å². The standard InChI is InChI=1S/C24H26N4O3S/c1-4-31-21(29)15-27-23(22(26-24(27)32)19-7-5-6-14-25-19)20-13-8-16(2)28(20)17-9-11-18(30-3)12-10-17/h5-14,22-23H,4,15H2,1-3H3,(H,26,32). The number of nitrogens with one attached hydrogen (secondary N) is 1. The van der Waals surface area contributed by atoms with Crippen molar-refractivity contribution in [3.05, 3.63) is 77.9 Å². The predicted molar refractivity (Wildman–Crippen MR) is 126 cm³/mol. The Morgan fingerprint density at radius 3 is 2.59 bits per heavy atom. The fourth-order valence-corrected chi connectivity index (χ4v) is 4.42. The van der Waals surface area contributed by atoms with Crippen molar-refractivity contribution >= 4 is 23.3 Å². The average molecular weight is 451 g/mol. The van der Waals surface area contributed by atoms with Crippen LogP contribution in [0.2, 0.25) is 0 Å². The van der Waals surface area contributed by atoms with Gasteiger partial charge in [0, 0.05) is 23.3 Å². The molecule has 3 aromatic rings. The molecule has 1 fully saturated rings. The van der Waals surface area contributed by atoms with E-state index in [9.17, 15) is 4.79 Å². The van der Waals surface area contributed by atoms with Crippen molar-refractivity contribution in [1.29, 1.82) is 0 Å². The zero-order valence-electron chi connectivity index (χ0n) is 18.3. The summed E-state index contributed by atoms with van der Waals surface area (Å²) in [6, 6.07) is 17.4. The zero-order valence-corrected chi connectivity index (χ0v) is 19.1. The number of pyridine rings is 1. The molecule has 1 aliphatic heterocycles. The minimum atomic E-state index is -0.317. The molecule has 4 rings (SSSR count). The Kier molecular flexibility index (Phi) is 6.41. The highest BCUT2D eigenvalue weighted by Gasteiger charge is 2.42. The number of carbonyl (C=O) groups excluding carboxylic acids is 1. The van der Waals surface area contributed by atoms with Crippen LogP contribution in [-0.4, -0.2) is 45.8 Å². The first kappa shape index (κ1) is 21.8. The van der Waals surface area contributed by atoms with E-state index in [2.05, 4.69) is 33.9 Å². The van der Waals surface area contributed by atoms with Crippen molar-refractivity contribution in [2.45, 2.75) is 25.9 Å². The van der Waals surface area contributed by atoms with Gasteiger partial charge in [0.2, 0.25) is 0 Å². The lowest BCUT2D eigenvalue weighted by atomic mass is 10.0. The first-order valence-electron chi connectivity index (χ1n) is 10.5. The molecule has 0 amide bonds. The molecule has 2 unspecified atom stereocenters. The number of rotatable bonds is 7. The summed E-state index contributed by atoms with van der Waals surface area (Å²) >= 11 is 5.65. The average Bonchev–Trinajstić information content (AvgIpc) is 3.34. The first-order chi connectivity index (χ1) is 15.5. The van der Waals surface area contributed by atoms with Gasteiger partial charge < -0.3 is 24.3 Å². The van der Waals surface area contributed by atoms with E-state index in [1.165, 1.54) is 0 Å². The summed E-state index contributed by atoms with van der Waals surface area (Å²) in [7, 11) is 1.65. The summed E-state index contributed by atoms with van der Waals surface area (Å²) in [4.78, 5) is 18.9. The number of carbonyl (C=O) groups is 1. The van der Waals surface area contributed by atoms with Crippen molar-refractivity contribution in [3.8, 4) is 11.4 Å². The van der Waals surface area contributed by atoms with Crippen molar-refractivity contribution in [2.24, 2.45) is 0 Å². The molecule has 0 bridgehead atoms. The summed E-state index contributed by atoms with van der Waals surface area (Å²) < 4.78 is 12.7. The highest BCUT2D eigenvalue weighted by atomic mass is 32.1. The van der Waals surface area contributed by atoms with Crippen LogP contribution in [0.4, 0.5) is 0 Å². The van der Waals surface area contributed by atoms with E-state index < -0.39 is 0 Å². The third-order valence-corrected chi connectivity index (χ3v) is 5.89. The molecule has 1 aromatic carbocycles. The topological polar surface area (TPSA) is 68.6 Å². The largest absolute Gasteiger partial charge is 0.497 e. The lowest BCUT2D eigenvalue weighted by Gasteiger charge is -2.28. The molecule has 2 atom stereocenters. The Bertz CT molecular complexity index is 1100. The van der Waals surface area contributed by atoms with Crippen molar-refractivity contribution < 1.29 is 14.3 Å². The van der Waals surface area contributed by atoms with Crippen LogP contribution in [0.1, 0.15) is 36.1 Å². The Morgan fingerprint density at radius 2 is 1.94 bits per heavy atom.